The minimum atomic E-state index is 1.08. The molecule has 0 saturated heterocycles. The summed E-state index contributed by atoms with van der Waals surface area (Å²) in [6, 6.07) is 97.0. The molecule has 12 rings (SSSR count). The van der Waals surface area contributed by atoms with Gasteiger partial charge in [-0.1, -0.05) is 212 Å². The number of aromatic nitrogens is 1. The van der Waals surface area contributed by atoms with Crippen LogP contribution in [0.4, 0.5) is 17.1 Å². The highest BCUT2D eigenvalue weighted by Gasteiger charge is 2.22. The van der Waals surface area contributed by atoms with Crippen molar-refractivity contribution in [1.29, 1.82) is 0 Å². The van der Waals surface area contributed by atoms with E-state index >= 15 is 0 Å². The van der Waals surface area contributed by atoms with Crippen molar-refractivity contribution in [2.45, 2.75) is 0 Å². The zero-order valence-corrected chi connectivity index (χ0v) is 36.3. The normalized spacial score (nSPS) is 11.3. The van der Waals surface area contributed by atoms with Crippen LogP contribution < -0.4 is 4.90 Å². The van der Waals surface area contributed by atoms with Crippen LogP contribution in [0.2, 0.25) is 0 Å². The molecule has 1 heterocycles. The van der Waals surface area contributed by atoms with Gasteiger partial charge in [0, 0.05) is 33.2 Å². The number of hydrogen-bond donors (Lipinski definition) is 0. The van der Waals surface area contributed by atoms with Crippen molar-refractivity contribution in [3.8, 4) is 61.3 Å². The van der Waals surface area contributed by atoms with E-state index < -0.39 is 0 Å². The Labute approximate surface area is 385 Å². The van der Waals surface area contributed by atoms with E-state index in [0.717, 1.165) is 33.9 Å². The van der Waals surface area contributed by atoms with Crippen LogP contribution in [0.3, 0.4) is 0 Å². The van der Waals surface area contributed by atoms with E-state index in [2.05, 4.69) is 276 Å². The highest BCUT2D eigenvalue weighted by molar-refractivity contribution is 6.16. The molecule has 0 aliphatic carbocycles. The summed E-state index contributed by atoms with van der Waals surface area (Å²) in [7, 11) is 0. The number of rotatable bonds is 9. The Balaban J connectivity index is 1.07. The topological polar surface area (TPSA) is 8.17 Å². The van der Waals surface area contributed by atoms with Gasteiger partial charge in [0.05, 0.1) is 16.7 Å². The Hall–Kier alpha value is -8.72. The summed E-state index contributed by atoms with van der Waals surface area (Å²) < 4.78 is 2.39. The third-order valence-corrected chi connectivity index (χ3v) is 13.0. The molecule has 0 bridgehead atoms. The van der Waals surface area contributed by atoms with E-state index in [0.29, 0.717) is 0 Å². The number of para-hydroxylation sites is 2. The lowest BCUT2D eigenvalue weighted by atomic mass is 9.84. The van der Waals surface area contributed by atoms with Crippen LogP contribution in [0, 0.1) is 0 Å². The van der Waals surface area contributed by atoms with Gasteiger partial charge in [0.25, 0.3) is 0 Å². The molecule has 0 amide bonds. The van der Waals surface area contributed by atoms with Crippen LogP contribution in [0.25, 0.3) is 93.9 Å². The Morgan fingerprint density at radius 1 is 0.288 bits per heavy atom. The number of nitrogens with zero attached hydrogens (tertiary/aromatic N) is 2. The molecule has 0 radical (unpaired) electrons. The van der Waals surface area contributed by atoms with Crippen LogP contribution in [-0.4, -0.2) is 4.57 Å². The smallest absolute Gasteiger partial charge is 0.0547 e. The third-order valence-electron chi connectivity index (χ3n) is 13.0. The van der Waals surface area contributed by atoms with Gasteiger partial charge < -0.3 is 9.47 Å². The van der Waals surface area contributed by atoms with Crippen molar-refractivity contribution in [3.05, 3.63) is 267 Å². The summed E-state index contributed by atoms with van der Waals surface area (Å²) in [5, 5.41) is 4.86. The van der Waals surface area contributed by atoms with Gasteiger partial charge in [-0.2, -0.15) is 0 Å². The quantitative estimate of drug-likeness (QED) is 0.141. The van der Waals surface area contributed by atoms with Crippen molar-refractivity contribution >= 4 is 49.6 Å². The van der Waals surface area contributed by atoms with Crippen molar-refractivity contribution in [3.63, 3.8) is 0 Å². The summed E-state index contributed by atoms with van der Waals surface area (Å²) in [6.45, 7) is 0. The number of anilines is 3. The van der Waals surface area contributed by atoms with Crippen molar-refractivity contribution in [2.24, 2.45) is 0 Å². The predicted molar refractivity (Wildman–Crippen MR) is 280 cm³/mol. The van der Waals surface area contributed by atoms with Gasteiger partial charge in [-0.3, -0.25) is 0 Å². The first-order chi connectivity index (χ1) is 32.8. The SMILES string of the molecule is c1ccc(-c2ccccc2-c2c(-c3ccccc3)cccc2-c2cccc(N(c3cccc(-c4cccc5c4c4ccccc4n5-c4ccccc4)c3)c3cccc4ccccc34)c2)cc1. The molecule has 66 heavy (non-hydrogen) atoms. The molecule has 0 aliphatic heterocycles. The lowest BCUT2D eigenvalue weighted by molar-refractivity contribution is 1.18. The molecule has 0 N–H and O–H groups in total. The molecule has 0 saturated carbocycles. The fourth-order valence-corrected chi connectivity index (χ4v) is 10.1. The molecule has 12 aromatic rings. The van der Waals surface area contributed by atoms with Crippen molar-refractivity contribution in [2.75, 3.05) is 4.90 Å². The average Bonchev–Trinajstić information content (AvgIpc) is 3.74. The van der Waals surface area contributed by atoms with Crippen molar-refractivity contribution in [1.82, 2.24) is 4.57 Å². The van der Waals surface area contributed by atoms with Gasteiger partial charge in [0.2, 0.25) is 0 Å². The fraction of sp³-hybridized carbons (Fsp3) is 0. The molecule has 2 heteroatoms. The predicted octanol–water partition coefficient (Wildman–Crippen LogP) is 17.7. The number of fused-ring (bicyclic) bond motifs is 4. The summed E-state index contributed by atoms with van der Waals surface area (Å²) in [5.41, 5.74) is 18.7. The van der Waals surface area contributed by atoms with E-state index in [9.17, 15) is 0 Å². The maximum Gasteiger partial charge on any atom is 0.0547 e. The minimum absolute atomic E-state index is 1.08. The van der Waals surface area contributed by atoms with Gasteiger partial charge in [-0.25, -0.2) is 0 Å². The maximum atomic E-state index is 2.45. The van der Waals surface area contributed by atoms with E-state index in [-0.39, 0.29) is 0 Å². The first kappa shape index (κ1) is 38.9. The van der Waals surface area contributed by atoms with Crippen LogP contribution in [0.5, 0.6) is 0 Å². The van der Waals surface area contributed by atoms with Gasteiger partial charge in [-0.15, -0.1) is 0 Å². The van der Waals surface area contributed by atoms with Crippen LogP contribution in [0.15, 0.2) is 267 Å². The lowest BCUT2D eigenvalue weighted by Gasteiger charge is -2.28. The summed E-state index contributed by atoms with van der Waals surface area (Å²) in [5.74, 6) is 0. The van der Waals surface area contributed by atoms with Crippen LogP contribution in [0.1, 0.15) is 0 Å². The zero-order chi connectivity index (χ0) is 43.8. The Bertz CT molecular complexity index is 3690. The van der Waals surface area contributed by atoms with Crippen molar-refractivity contribution < 1.29 is 0 Å². The summed E-state index contributed by atoms with van der Waals surface area (Å²) in [4.78, 5) is 2.45. The fourth-order valence-electron chi connectivity index (χ4n) is 10.1. The number of benzene rings is 11. The van der Waals surface area contributed by atoms with Crippen LogP contribution >= 0.6 is 0 Å². The van der Waals surface area contributed by atoms with Gasteiger partial charge in [0.15, 0.2) is 0 Å². The third kappa shape index (κ3) is 6.84. The standard InChI is InChI=1S/C64H44N2/c1-4-21-45(22-5-1)53-33-12-13-35-58(53)63-55(47-23-6-2-7-24-47)37-19-38-56(63)48-27-16-31-51(43-48)65(60-41-18-26-46-25-10-11-34-54(46)60)52-32-17-28-49(44-52)57-39-20-42-62-64(57)59-36-14-15-40-61(59)66(62)50-29-8-3-9-30-50/h1-44H. The second-order valence-corrected chi connectivity index (χ2v) is 16.8. The Morgan fingerprint density at radius 2 is 0.742 bits per heavy atom. The second kappa shape index (κ2) is 16.8. The molecule has 1 aromatic heterocycles. The second-order valence-electron chi connectivity index (χ2n) is 16.8. The minimum Gasteiger partial charge on any atom is -0.310 e. The molecule has 11 aromatic carbocycles. The average molecular weight is 841 g/mol. The molecule has 0 atom stereocenters. The summed E-state index contributed by atoms with van der Waals surface area (Å²) in [6.07, 6.45) is 0. The maximum absolute atomic E-state index is 2.45. The molecule has 0 spiro atoms. The van der Waals surface area contributed by atoms with Crippen LogP contribution in [-0.2, 0) is 0 Å². The molecule has 0 fully saturated rings. The Kier molecular flexibility index (Phi) is 9.89. The van der Waals surface area contributed by atoms with E-state index in [4.69, 9.17) is 0 Å². The molecular weight excluding hydrogens is 797 g/mol. The highest BCUT2D eigenvalue weighted by atomic mass is 15.1. The first-order valence-electron chi connectivity index (χ1n) is 22.7. The molecular formula is C64H44N2. The monoisotopic (exact) mass is 840 g/mol. The van der Waals surface area contributed by atoms with E-state index in [1.54, 1.807) is 0 Å². The first-order valence-corrected chi connectivity index (χ1v) is 22.7. The zero-order valence-electron chi connectivity index (χ0n) is 36.3. The van der Waals surface area contributed by atoms with E-state index in [1.165, 1.54) is 77.1 Å². The van der Waals surface area contributed by atoms with Gasteiger partial charge in [0.1, 0.15) is 0 Å². The molecule has 0 aliphatic rings. The van der Waals surface area contributed by atoms with Gasteiger partial charge in [-0.05, 0) is 116 Å². The van der Waals surface area contributed by atoms with E-state index in [1.807, 2.05) is 0 Å². The van der Waals surface area contributed by atoms with Gasteiger partial charge >= 0.3 is 0 Å². The lowest BCUT2D eigenvalue weighted by Crippen LogP contribution is -2.10. The highest BCUT2D eigenvalue weighted by Crippen LogP contribution is 2.47. The largest absolute Gasteiger partial charge is 0.310 e. The Morgan fingerprint density at radius 3 is 1.47 bits per heavy atom. The summed E-state index contributed by atoms with van der Waals surface area (Å²) >= 11 is 0. The molecule has 2 nitrogen and oxygen atoms in total. The molecule has 310 valence electrons. The molecule has 0 unspecified atom stereocenters. The number of hydrogen-bond acceptors (Lipinski definition) is 1.